The summed E-state index contributed by atoms with van der Waals surface area (Å²) in [5.41, 5.74) is 0. The summed E-state index contributed by atoms with van der Waals surface area (Å²) in [7, 11) is 0. The van der Waals surface area contributed by atoms with Gasteiger partial charge in [-0.05, 0) is 12.8 Å². The Labute approximate surface area is 141 Å². The van der Waals surface area contributed by atoms with Crippen LogP contribution in [0.2, 0.25) is 0 Å². The number of carbonyl (C=O) groups is 3. The lowest BCUT2D eigenvalue weighted by molar-refractivity contribution is -0.144. The molecule has 0 saturated heterocycles. The average molecular weight is 342 g/mol. The van der Waals surface area contributed by atoms with E-state index in [0.717, 1.165) is 0 Å². The van der Waals surface area contributed by atoms with E-state index >= 15 is 0 Å². The van der Waals surface area contributed by atoms with Crippen molar-refractivity contribution in [3.8, 4) is 0 Å². The molecule has 0 bridgehead atoms. The highest BCUT2D eigenvalue weighted by molar-refractivity contribution is 5.85. The molecule has 1 heterocycles. The maximum Gasteiger partial charge on any atom is 0.306 e. The third-order valence-corrected chi connectivity index (χ3v) is 3.37. The van der Waals surface area contributed by atoms with Crippen LogP contribution in [0.4, 0.5) is 0 Å². The normalized spacial score (nSPS) is 19.6. The van der Waals surface area contributed by atoms with Crippen molar-refractivity contribution in [3.05, 3.63) is 12.2 Å². The van der Waals surface area contributed by atoms with E-state index in [1.807, 2.05) is 12.2 Å². The van der Waals surface area contributed by atoms with Gasteiger partial charge in [0.2, 0.25) is 11.8 Å². The summed E-state index contributed by atoms with van der Waals surface area (Å²) in [5, 5.41) is 13.9. The maximum atomic E-state index is 12.1. The Morgan fingerprint density at radius 2 is 2.21 bits per heavy atom. The van der Waals surface area contributed by atoms with Gasteiger partial charge in [0.1, 0.15) is 6.61 Å². The Morgan fingerprint density at radius 1 is 1.38 bits per heavy atom. The molecule has 0 saturated carbocycles. The third kappa shape index (κ3) is 9.26. The maximum absolute atomic E-state index is 12.1. The summed E-state index contributed by atoms with van der Waals surface area (Å²) >= 11 is 0. The molecular weight excluding hydrogens is 316 g/mol. The second-order valence-electron chi connectivity index (χ2n) is 5.34. The van der Waals surface area contributed by atoms with E-state index in [1.165, 1.54) is 0 Å². The molecule has 136 valence electrons. The van der Waals surface area contributed by atoms with Crippen LogP contribution in [0.1, 0.15) is 25.7 Å². The molecule has 0 aromatic rings. The van der Waals surface area contributed by atoms with Gasteiger partial charge in [-0.3, -0.25) is 14.4 Å². The largest absolute Gasteiger partial charge is 0.464 e. The first-order valence-corrected chi connectivity index (χ1v) is 8.17. The molecule has 8 nitrogen and oxygen atoms in total. The minimum Gasteiger partial charge on any atom is -0.464 e. The Bertz CT molecular complexity index is 438. The highest BCUT2D eigenvalue weighted by Gasteiger charge is 2.20. The summed E-state index contributed by atoms with van der Waals surface area (Å²) in [6.45, 7) is 1.19. The van der Waals surface area contributed by atoms with Gasteiger partial charge in [0.15, 0.2) is 0 Å². The summed E-state index contributed by atoms with van der Waals surface area (Å²) in [5.74, 6) is -1.21. The zero-order chi connectivity index (χ0) is 17.6. The van der Waals surface area contributed by atoms with Gasteiger partial charge in [-0.1, -0.05) is 12.2 Å². The van der Waals surface area contributed by atoms with E-state index in [2.05, 4.69) is 10.6 Å². The average Bonchev–Trinajstić information content (AvgIpc) is 2.56. The second-order valence-corrected chi connectivity index (χ2v) is 5.34. The first-order valence-electron chi connectivity index (χ1n) is 8.17. The molecule has 1 unspecified atom stereocenters. The van der Waals surface area contributed by atoms with Gasteiger partial charge in [-0.15, -0.1) is 0 Å². The monoisotopic (exact) mass is 342 g/mol. The SMILES string of the molecule is O=C(CC1CC=CCCC(=O)OCCNC1=O)NCCOCCO. The predicted octanol–water partition coefficient (Wildman–Crippen LogP) is -0.483. The Hall–Kier alpha value is -1.93. The number of hydrogen-bond donors (Lipinski definition) is 3. The number of carbonyl (C=O) groups excluding carboxylic acids is 3. The number of allylic oxidation sites excluding steroid dienone is 2. The molecule has 0 radical (unpaired) electrons. The molecule has 3 N–H and O–H groups in total. The number of esters is 1. The third-order valence-electron chi connectivity index (χ3n) is 3.37. The molecule has 1 rings (SSSR count). The molecule has 1 aliphatic rings. The molecular formula is C16H26N2O6. The van der Waals surface area contributed by atoms with Crippen molar-refractivity contribution in [2.24, 2.45) is 5.92 Å². The van der Waals surface area contributed by atoms with Crippen molar-refractivity contribution >= 4 is 17.8 Å². The van der Waals surface area contributed by atoms with Crippen LogP contribution in [0.15, 0.2) is 12.2 Å². The summed E-state index contributed by atoms with van der Waals surface area (Å²) in [6.07, 6.45) is 5.02. The Balaban J connectivity index is 2.43. The zero-order valence-corrected chi connectivity index (χ0v) is 13.8. The fraction of sp³-hybridized carbons (Fsp3) is 0.688. The number of rotatable bonds is 7. The molecule has 0 aromatic carbocycles. The summed E-state index contributed by atoms with van der Waals surface area (Å²) < 4.78 is 10.0. The van der Waals surface area contributed by atoms with Crippen molar-refractivity contribution in [2.45, 2.75) is 25.7 Å². The molecule has 0 aliphatic carbocycles. The molecule has 1 atom stereocenters. The van der Waals surface area contributed by atoms with Crippen LogP contribution in [0, 0.1) is 5.92 Å². The quantitative estimate of drug-likeness (QED) is 0.327. The van der Waals surface area contributed by atoms with E-state index in [4.69, 9.17) is 14.6 Å². The Kier molecular flexibility index (Phi) is 10.5. The van der Waals surface area contributed by atoms with Gasteiger partial charge in [0.25, 0.3) is 0 Å². The number of hydrogen-bond acceptors (Lipinski definition) is 6. The van der Waals surface area contributed by atoms with Crippen molar-refractivity contribution in [2.75, 3.05) is 39.5 Å². The fourth-order valence-electron chi connectivity index (χ4n) is 2.14. The first kappa shape index (κ1) is 20.1. The molecule has 24 heavy (non-hydrogen) atoms. The lowest BCUT2D eigenvalue weighted by Gasteiger charge is -2.16. The number of nitrogens with one attached hydrogen (secondary N) is 2. The standard InChI is InChI=1S/C16H26N2O6/c19-8-11-23-9-6-17-14(20)12-13-4-2-1-3-5-15(21)24-10-7-18-16(13)22/h1-2,13,19H,3-12H2,(H,17,20)(H,18,22). The van der Waals surface area contributed by atoms with E-state index in [0.29, 0.717) is 32.4 Å². The van der Waals surface area contributed by atoms with E-state index in [1.54, 1.807) is 0 Å². The van der Waals surface area contributed by atoms with Crippen LogP contribution in [-0.2, 0) is 23.9 Å². The van der Waals surface area contributed by atoms with Gasteiger partial charge >= 0.3 is 5.97 Å². The van der Waals surface area contributed by atoms with Crippen molar-refractivity contribution in [3.63, 3.8) is 0 Å². The van der Waals surface area contributed by atoms with E-state index < -0.39 is 5.92 Å². The minimum atomic E-state index is -0.463. The number of amides is 2. The van der Waals surface area contributed by atoms with Gasteiger partial charge in [0, 0.05) is 19.4 Å². The summed E-state index contributed by atoms with van der Waals surface area (Å²) in [4.78, 5) is 35.4. The van der Waals surface area contributed by atoms with Gasteiger partial charge in [0.05, 0.1) is 32.3 Å². The zero-order valence-electron chi connectivity index (χ0n) is 13.8. The van der Waals surface area contributed by atoms with Crippen LogP contribution < -0.4 is 10.6 Å². The predicted molar refractivity (Wildman–Crippen MR) is 86.0 cm³/mol. The minimum absolute atomic E-state index is 0.0577. The highest BCUT2D eigenvalue weighted by Crippen LogP contribution is 2.11. The lowest BCUT2D eigenvalue weighted by Crippen LogP contribution is -2.37. The van der Waals surface area contributed by atoms with Crippen LogP contribution in [-0.4, -0.2) is 62.4 Å². The highest BCUT2D eigenvalue weighted by atomic mass is 16.5. The fourth-order valence-corrected chi connectivity index (χ4v) is 2.14. The molecule has 0 aromatic heterocycles. The number of cyclic esters (lactones) is 1. The van der Waals surface area contributed by atoms with Crippen molar-refractivity contribution in [1.29, 1.82) is 0 Å². The van der Waals surface area contributed by atoms with Gasteiger partial charge in [-0.2, -0.15) is 0 Å². The van der Waals surface area contributed by atoms with Crippen LogP contribution in [0.5, 0.6) is 0 Å². The van der Waals surface area contributed by atoms with Crippen molar-refractivity contribution in [1.82, 2.24) is 10.6 Å². The van der Waals surface area contributed by atoms with Gasteiger partial charge < -0.3 is 25.2 Å². The van der Waals surface area contributed by atoms with E-state index in [9.17, 15) is 14.4 Å². The Morgan fingerprint density at radius 3 is 3.00 bits per heavy atom. The lowest BCUT2D eigenvalue weighted by atomic mass is 9.99. The number of aliphatic hydroxyl groups is 1. The van der Waals surface area contributed by atoms with Crippen LogP contribution >= 0.6 is 0 Å². The van der Waals surface area contributed by atoms with Crippen LogP contribution in [0.3, 0.4) is 0 Å². The number of ether oxygens (including phenoxy) is 2. The smallest absolute Gasteiger partial charge is 0.306 e. The molecule has 0 fully saturated rings. The molecule has 1 aliphatic heterocycles. The number of aliphatic hydroxyl groups excluding tert-OH is 1. The topological polar surface area (TPSA) is 114 Å². The van der Waals surface area contributed by atoms with Gasteiger partial charge in [-0.25, -0.2) is 0 Å². The molecule has 2 amide bonds. The molecule has 8 heteroatoms. The second kappa shape index (κ2) is 12.5. The van der Waals surface area contributed by atoms with Crippen molar-refractivity contribution < 1.29 is 29.0 Å². The van der Waals surface area contributed by atoms with Crippen LogP contribution in [0.25, 0.3) is 0 Å². The van der Waals surface area contributed by atoms with E-state index in [-0.39, 0.29) is 50.6 Å². The summed E-state index contributed by atoms with van der Waals surface area (Å²) in [6, 6.07) is 0. The molecule has 0 spiro atoms. The first-order chi connectivity index (χ1) is 11.6.